The predicted octanol–water partition coefficient (Wildman–Crippen LogP) is 1.39. The molecule has 9 nitrogen and oxygen atoms in total. The summed E-state index contributed by atoms with van der Waals surface area (Å²) in [5.74, 6) is 0.623. The summed E-state index contributed by atoms with van der Waals surface area (Å²) >= 11 is 0. The van der Waals surface area contributed by atoms with Gasteiger partial charge < -0.3 is 16.0 Å². The molecule has 1 unspecified atom stereocenters. The first-order valence-corrected chi connectivity index (χ1v) is 10.0. The maximum atomic E-state index is 13.1. The van der Waals surface area contributed by atoms with Crippen LogP contribution in [0, 0.1) is 13.8 Å². The van der Waals surface area contributed by atoms with E-state index in [1.54, 1.807) is 11.0 Å². The lowest BCUT2D eigenvalue weighted by atomic mass is 10.1. The van der Waals surface area contributed by atoms with Gasteiger partial charge in [0.1, 0.15) is 18.5 Å². The summed E-state index contributed by atoms with van der Waals surface area (Å²) < 4.78 is 1.69. The molecule has 1 aliphatic heterocycles. The SMILES string of the molecule is Cc1nc(C(=O)NC(Cn2cncn2)c2ccccc2)nc(N2CC[C@@H](N)C2)c1C. The van der Waals surface area contributed by atoms with E-state index in [0.29, 0.717) is 6.54 Å². The number of aryl methyl sites for hydroxylation is 1. The van der Waals surface area contributed by atoms with Crippen molar-refractivity contribution >= 4 is 11.7 Å². The zero-order valence-corrected chi connectivity index (χ0v) is 17.2. The summed E-state index contributed by atoms with van der Waals surface area (Å²) in [6.07, 6.45) is 4.02. The fourth-order valence-corrected chi connectivity index (χ4v) is 3.66. The Morgan fingerprint density at radius 2 is 2.07 bits per heavy atom. The minimum absolute atomic E-state index is 0.127. The molecule has 156 valence electrons. The monoisotopic (exact) mass is 406 g/mol. The van der Waals surface area contributed by atoms with Crippen LogP contribution >= 0.6 is 0 Å². The Labute approximate surface area is 175 Å². The van der Waals surface area contributed by atoms with Gasteiger partial charge in [0.2, 0.25) is 5.82 Å². The number of carbonyl (C=O) groups excluding carboxylic acids is 1. The number of nitrogens with one attached hydrogen (secondary N) is 1. The summed E-state index contributed by atoms with van der Waals surface area (Å²) in [5, 5.41) is 7.23. The largest absolute Gasteiger partial charge is 0.355 e. The molecule has 1 aliphatic rings. The van der Waals surface area contributed by atoms with Crippen LogP contribution < -0.4 is 16.0 Å². The molecule has 1 aromatic carbocycles. The molecule has 0 saturated carbocycles. The molecule has 2 aromatic heterocycles. The van der Waals surface area contributed by atoms with Gasteiger partial charge in [-0.1, -0.05) is 30.3 Å². The molecule has 0 bridgehead atoms. The van der Waals surface area contributed by atoms with Gasteiger partial charge in [0.25, 0.3) is 5.91 Å². The van der Waals surface area contributed by atoms with Gasteiger partial charge in [-0.15, -0.1) is 0 Å². The number of amides is 1. The van der Waals surface area contributed by atoms with Crippen LogP contribution in [0.2, 0.25) is 0 Å². The molecule has 0 spiro atoms. The smallest absolute Gasteiger partial charge is 0.289 e. The van der Waals surface area contributed by atoms with E-state index in [1.165, 1.54) is 6.33 Å². The first kappa shape index (κ1) is 20.0. The number of hydrogen-bond acceptors (Lipinski definition) is 7. The molecule has 0 radical (unpaired) electrons. The average molecular weight is 406 g/mol. The fourth-order valence-electron chi connectivity index (χ4n) is 3.66. The van der Waals surface area contributed by atoms with Gasteiger partial charge in [-0.3, -0.25) is 9.48 Å². The van der Waals surface area contributed by atoms with E-state index in [1.807, 2.05) is 44.2 Å². The normalized spacial score (nSPS) is 17.2. The first-order chi connectivity index (χ1) is 14.5. The molecular weight excluding hydrogens is 380 g/mol. The molecule has 30 heavy (non-hydrogen) atoms. The van der Waals surface area contributed by atoms with Crippen LogP contribution in [0.5, 0.6) is 0 Å². The molecule has 4 rings (SSSR count). The Morgan fingerprint density at radius 1 is 1.27 bits per heavy atom. The highest BCUT2D eigenvalue weighted by Gasteiger charge is 2.25. The van der Waals surface area contributed by atoms with Crippen LogP contribution in [0.3, 0.4) is 0 Å². The third-order valence-electron chi connectivity index (χ3n) is 5.43. The van der Waals surface area contributed by atoms with Gasteiger partial charge in [0.05, 0.1) is 12.6 Å². The van der Waals surface area contributed by atoms with E-state index in [2.05, 4.69) is 30.3 Å². The Bertz CT molecular complexity index is 1010. The maximum absolute atomic E-state index is 13.1. The maximum Gasteiger partial charge on any atom is 0.289 e. The number of rotatable bonds is 6. The molecule has 1 saturated heterocycles. The molecule has 3 heterocycles. The topological polar surface area (TPSA) is 115 Å². The summed E-state index contributed by atoms with van der Waals surface area (Å²) in [4.78, 5) is 28.3. The Balaban J connectivity index is 1.60. The Kier molecular flexibility index (Phi) is 5.71. The van der Waals surface area contributed by atoms with E-state index < -0.39 is 0 Å². The summed E-state index contributed by atoms with van der Waals surface area (Å²) in [7, 11) is 0. The summed E-state index contributed by atoms with van der Waals surface area (Å²) in [6.45, 7) is 5.90. The highest BCUT2D eigenvalue weighted by Crippen LogP contribution is 2.24. The first-order valence-electron chi connectivity index (χ1n) is 10.0. The van der Waals surface area contributed by atoms with Crippen LogP contribution in [-0.2, 0) is 6.54 Å². The molecule has 3 aromatic rings. The zero-order valence-electron chi connectivity index (χ0n) is 17.2. The van der Waals surface area contributed by atoms with Gasteiger partial charge in [0.15, 0.2) is 0 Å². The van der Waals surface area contributed by atoms with Crippen LogP contribution in [-0.4, -0.2) is 49.8 Å². The molecule has 2 atom stereocenters. The van der Waals surface area contributed by atoms with Crippen molar-refractivity contribution in [3.05, 3.63) is 65.6 Å². The van der Waals surface area contributed by atoms with Gasteiger partial charge in [-0.2, -0.15) is 5.10 Å². The highest BCUT2D eigenvalue weighted by molar-refractivity contribution is 5.91. The van der Waals surface area contributed by atoms with Crippen LogP contribution in [0.4, 0.5) is 5.82 Å². The fraction of sp³-hybridized carbons (Fsp3) is 0.381. The Morgan fingerprint density at radius 3 is 2.73 bits per heavy atom. The zero-order chi connectivity index (χ0) is 21.1. The van der Waals surface area contributed by atoms with Crippen molar-refractivity contribution in [1.82, 2.24) is 30.0 Å². The van der Waals surface area contributed by atoms with Crippen LogP contribution in [0.25, 0.3) is 0 Å². The second-order valence-corrected chi connectivity index (χ2v) is 7.63. The van der Waals surface area contributed by atoms with E-state index >= 15 is 0 Å². The van der Waals surface area contributed by atoms with E-state index in [9.17, 15) is 4.79 Å². The molecule has 1 fully saturated rings. The van der Waals surface area contributed by atoms with E-state index in [4.69, 9.17) is 5.73 Å². The quantitative estimate of drug-likeness (QED) is 0.636. The molecule has 3 N–H and O–H groups in total. The number of hydrogen-bond donors (Lipinski definition) is 2. The number of nitrogens with zero attached hydrogens (tertiary/aromatic N) is 6. The summed E-state index contributed by atoms with van der Waals surface area (Å²) in [6, 6.07) is 9.60. The minimum atomic E-state index is -0.322. The number of anilines is 1. The van der Waals surface area contributed by atoms with Crippen molar-refractivity contribution in [1.29, 1.82) is 0 Å². The van der Waals surface area contributed by atoms with Gasteiger partial charge >= 0.3 is 0 Å². The van der Waals surface area contributed by atoms with Gasteiger partial charge in [-0.05, 0) is 25.8 Å². The van der Waals surface area contributed by atoms with Crippen molar-refractivity contribution in [2.24, 2.45) is 5.73 Å². The van der Waals surface area contributed by atoms with Gasteiger partial charge in [-0.25, -0.2) is 15.0 Å². The van der Waals surface area contributed by atoms with Crippen LogP contribution in [0.15, 0.2) is 43.0 Å². The number of aromatic nitrogens is 5. The number of carbonyl (C=O) groups is 1. The third-order valence-corrected chi connectivity index (χ3v) is 5.43. The van der Waals surface area contributed by atoms with Crippen molar-refractivity contribution in [3.8, 4) is 0 Å². The lowest BCUT2D eigenvalue weighted by Crippen LogP contribution is -2.34. The minimum Gasteiger partial charge on any atom is -0.355 e. The standard InChI is InChI=1S/C21H26N8O/c1-14-15(2)25-19(27-20(14)28-9-8-17(22)10-28)21(30)26-18(11-29-13-23-12-24-29)16-6-4-3-5-7-16/h3-7,12-13,17-18H,8-11,22H2,1-2H3,(H,26,30)/t17-,18?/m1/s1. The lowest BCUT2D eigenvalue weighted by Gasteiger charge is -2.22. The van der Waals surface area contributed by atoms with Gasteiger partial charge in [0, 0.05) is 30.4 Å². The van der Waals surface area contributed by atoms with Crippen molar-refractivity contribution in [2.75, 3.05) is 18.0 Å². The van der Waals surface area contributed by atoms with E-state index in [-0.39, 0.29) is 23.8 Å². The molecule has 0 aliphatic carbocycles. The summed E-state index contributed by atoms with van der Waals surface area (Å²) in [5.41, 5.74) is 8.80. The second-order valence-electron chi connectivity index (χ2n) is 7.63. The van der Waals surface area contributed by atoms with Crippen molar-refractivity contribution in [2.45, 2.75) is 38.9 Å². The molecular formula is C21H26N8O. The van der Waals surface area contributed by atoms with Crippen molar-refractivity contribution in [3.63, 3.8) is 0 Å². The Hall–Kier alpha value is -3.33. The molecule has 1 amide bonds. The molecule has 9 heteroatoms. The third kappa shape index (κ3) is 4.30. The number of nitrogens with two attached hydrogens (primary N) is 1. The second kappa shape index (κ2) is 8.58. The van der Waals surface area contributed by atoms with E-state index in [0.717, 1.165) is 42.1 Å². The number of benzene rings is 1. The van der Waals surface area contributed by atoms with Crippen LogP contribution in [0.1, 0.15) is 39.9 Å². The average Bonchev–Trinajstić information content (AvgIpc) is 3.41. The highest BCUT2D eigenvalue weighted by atomic mass is 16.2. The lowest BCUT2D eigenvalue weighted by molar-refractivity contribution is 0.0921. The van der Waals surface area contributed by atoms with Crippen molar-refractivity contribution < 1.29 is 4.79 Å². The predicted molar refractivity (Wildman–Crippen MR) is 113 cm³/mol.